The molecule has 5 atom stereocenters. The molecule has 2 fully saturated rings. The molecule has 3 aliphatic heterocycles. The smallest absolute Gasteiger partial charge is 0.254 e. The number of ether oxygens (including phenoxy) is 1. The normalized spacial score (nSPS) is 22.8. The van der Waals surface area contributed by atoms with Crippen LogP contribution < -0.4 is 15.4 Å². The summed E-state index contributed by atoms with van der Waals surface area (Å²) in [7, 11) is 0. The monoisotopic (exact) mass is 628 g/mol. The second kappa shape index (κ2) is 12.9. The highest BCUT2D eigenvalue weighted by Gasteiger charge is 2.40. The Morgan fingerprint density at radius 3 is 2.70 bits per heavy atom. The zero-order chi connectivity index (χ0) is 31.0. The molecule has 8 nitrogen and oxygen atoms in total. The van der Waals surface area contributed by atoms with Gasteiger partial charge in [0.15, 0.2) is 0 Å². The van der Waals surface area contributed by atoms with Crippen molar-refractivity contribution in [3.63, 3.8) is 0 Å². The van der Waals surface area contributed by atoms with E-state index in [0.717, 1.165) is 18.2 Å². The number of aliphatic hydroxyl groups excluding tert-OH is 1. The summed E-state index contributed by atoms with van der Waals surface area (Å²) in [6.45, 7) is 2.90. The molecule has 6 rings (SSSR count). The molecule has 0 spiro atoms. The molecule has 12 heteroatoms. The summed E-state index contributed by atoms with van der Waals surface area (Å²) < 4.78 is 48.6. The van der Waals surface area contributed by atoms with Crippen LogP contribution in [0, 0.1) is 18.6 Å². The standard InChI is InChI=1S/C32H35F3N4O4S/c1-17-16-44-31(37-17)27-14-22(35)15-39(27)32(42)24-11-19(12-28-23(24)4-3-7-43-28)30(41)38-26(29(40)25-5-2-6-36-25)10-18-8-20(33)13-21(34)9-18/h8-9,11-13,16,22,25-27,29,36,40H,2-7,10,14-15H2,1H3,(H,38,41)/t22-,25-,26-,27+,29+/m0/s1. The third-order valence-corrected chi connectivity index (χ3v) is 9.64. The van der Waals surface area contributed by atoms with Gasteiger partial charge >= 0.3 is 0 Å². The molecule has 0 bridgehead atoms. The predicted molar refractivity (Wildman–Crippen MR) is 159 cm³/mol. The number of hydrogen-bond donors (Lipinski definition) is 3. The number of halogens is 3. The van der Waals surface area contributed by atoms with Crippen molar-refractivity contribution in [2.75, 3.05) is 19.7 Å². The van der Waals surface area contributed by atoms with Crippen molar-refractivity contribution in [1.29, 1.82) is 0 Å². The number of aromatic nitrogens is 1. The van der Waals surface area contributed by atoms with Crippen LogP contribution in [-0.2, 0) is 12.8 Å². The summed E-state index contributed by atoms with van der Waals surface area (Å²) in [6, 6.07) is 4.48. The Labute approximate surface area is 257 Å². The molecule has 2 saturated heterocycles. The lowest BCUT2D eigenvalue weighted by Gasteiger charge is -2.29. The third kappa shape index (κ3) is 6.47. The summed E-state index contributed by atoms with van der Waals surface area (Å²) in [5, 5.41) is 19.9. The molecular formula is C32H35F3N4O4S. The maximum atomic E-state index is 14.7. The van der Waals surface area contributed by atoms with Gasteiger partial charge in [-0.15, -0.1) is 11.3 Å². The minimum absolute atomic E-state index is 0.0203. The first-order chi connectivity index (χ1) is 21.2. The summed E-state index contributed by atoms with van der Waals surface area (Å²) >= 11 is 1.39. The Hall–Kier alpha value is -3.48. The van der Waals surface area contributed by atoms with Gasteiger partial charge in [-0.1, -0.05) is 0 Å². The Bertz CT molecular complexity index is 1530. The maximum Gasteiger partial charge on any atom is 0.254 e. The van der Waals surface area contributed by atoms with Crippen LogP contribution in [0.3, 0.4) is 0 Å². The van der Waals surface area contributed by atoms with Crippen LogP contribution in [0.5, 0.6) is 5.75 Å². The fraction of sp³-hybridized carbons (Fsp3) is 0.469. The fourth-order valence-electron chi connectivity index (χ4n) is 6.48. The summed E-state index contributed by atoms with van der Waals surface area (Å²) in [5.74, 6) is -2.07. The van der Waals surface area contributed by atoms with E-state index >= 15 is 0 Å². The first-order valence-electron chi connectivity index (χ1n) is 15.0. The zero-order valence-electron chi connectivity index (χ0n) is 24.3. The van der Waals surface area contributed by atoms with Gasteiger partial charge in [0.1, 0.15) is 28.6 Å². The van der Waals surface area contributed by atoms with Crippen LogP contribution in [0.15, 0.2) is 35.7 Å². The van der Waals surface area contributed by atoms with Gasteiger partial charge in [-0.3, -0.25) is 9.59 Å². The number of aryl methyl sites for hydroxylation is 1. The molecular weight excluding hydrogens is 593 g/mol. The minimum atomic E-state index is -1.20. The van der Waals surface area contributed by atoms with Crippen molar-refractivity contribution in [2.45, 2.75) is 75.8 Å². The van der Waals surface area contributed by atoms with Gasteiger partial charge < -0.3 is 25.4 Å². The zero-order valence-corrected chi connectivity index (χ0v) is 25.1. The van der Waals surface area contributed by atoms with Gasteiger partial charge in [0.2, 0.25) is 0 Å². The number of amides is 2. The molecule has 0 saturated carbocycles. The number of alkyl halides is 1. The maximum absolute atomic E-state index is 14.7. The number of nitrogens with one attached hydrogen (secondary N) is 2. The Balaban J connectivity index is 1.31. The first-order valence-corrected chi connectivity index (χ1v) is 15.9. The highest BCUT2D eigenvalue weighted by atomic mass is 32.1. The Morgan fingerprint density at radius 1 is 1.20 bits per heavy atom. The minimum Gasteiger partial charge on any atom is -0.493 e. The van der Waals surface area contributed by atoms with Crippen molar-refractivity contribution in [3.05, 3.63) is 80.3 Å². The lowest BCUT2D eigenvalue weighted by molar-refractivity contribution is 0.0724. The highest BCUT2D eigenvalue weighted by molar-refractivity contribution is 7.09. The van der Waals surface area contributed by atoms with Crippen LogP contribution in [-0.4, -0.2) is 70.9 Å². The van der Waals surface area contributed by atoms with Gasteiger partial charge in [-0.25, -0.2) is 18.2 Å². The van der Waals surface area contributed by atoms with Crippen LogP contribution in [0.25, 0.3) is 0 Å². The molecule has 0 radical (unpaired) electrons. The van der Waals surface area contributed by atoms with Crippen molar-refractivity contribution < 1.29 is 32.6 Å². The third-order valence-electron chi connectivity index (χ3n) is 8.58. The van der Waals surface area contributed by atoms with E-state index < -0.39 is 47.8 Å². The topological polar surface area (TPSA) is 104 Å². The van der Waals surface area contributed by atoms with Crippen LogP contribution in [0.1, 0.15) is 74.3 Å². The van der Waals surface area contributed by atoms with Crippen molar-refractivity contribution in [2.24, 2.45) is 0 Å². The second-order valence-corrected chi connectivity index (χ2v) is 12.7. The van der Waals surface area contributed by atoms with E-state index in [1.165, 1.54) is 34.4 Å². The second-order valence-electron chi connectivity index (χ2n) is 11.8. The molecule has 3 aromatic rings. The molecule has 3 N–H and O–H groups in total. The number of likely N-dealkylation sites (tertiary alicyclic amines) is 1. The van der Waals surface area contributed by atoms with Gasteiger partial charge in [-0.2, -0.15) is 0 Å². The Kier molecular flexibility index (Phi) is 8.93. The number of nitrogens with zero attached hydrogens (tertiary/aromatic N) is 2. The largest absolute Gasteiger partial charge is 0.493 e. The summed E-state index contributed by atoms with van der Waals surface area (Å²) in [6.07, 6.45) is 0.658. The molecule has 4 heterocycles. The van der Waals surface area contributed by atoms with Gasteiger partial charge in [0.05, 0.1) is 31.3 Å². The van der Waals surface area contributed by atoms with E-state index in [1.807, 2.05) is 12.3 Å². The van der Waals surface area contributed by atoms with Gasteiger partial charge in [0.25, 0.3) is 11.8 Å². The molecule has 234 valence electrons. The van der Waals surface area contributed by atoms with Gasteiger partial charge in [-0.05, 0) is 75.4 Å². The van der Waals surface area contributed by atoms with Crippen LogP contribution in [0.4, 0.5) is 13.2 Å². The van der Waals surface area contributed by atoms with E-state index in [4.69, 9.17) is 4.74 Å². The molecule has 0 aliphatic carbocycles. The molecule has 0 unspecified atom stereocenters. The van der Waals surface area contributed by atoms with E-state index in [2.05, 4.69) is 15.6 Å². The van der Waals surface area contributed by atoms with Crippen molar-refractivity contribution >= 4 is 23.2 Å². The molecule has 3 aliphatic rings. The van der Waals surface area contributed by atoms with E-state index in [0.29, 0.717) is 48.7 Å². The number of benzene rings is 2. The fourth-order valence-corrected chi connectivity index (χ4v) is 7.40. The number of carbonyl (C=O) groups is 2. The number of carbonyl (C=O) groups excluding carboxylic acids is 2. The molecule has 1 aromatic heterocycles. The lowest BCUT2D eigenvalue weighted by Crippen LogP contribution is -2.52. The summed E-state index contributed by atoms with van der Waals surface area (Å²) in [4.78, 5) is 33.8. The average Bonchev–Trinajstić information content (AvgIpc) is 3.76. The number of rotatable bonds is 8. The van der Waals surface area contributed by atoms with Gasteiger partial charge in [0, 0.05) is 46.3 Å². The van der Waals surface area contributed by atoms with Crippen LogP contribution in [0.2, 0.25) is 0 Å². The number of fused-ring (bicyclic) bond motifs is 1. The summed E-state index contributed by atoms with van der Waals surface area (Å²) in [5.41, 5.74) is 2.15. The quantitative estimate of drug-likeness (QED) is 0.341. The number of aliphatic hydroxyl groups is 1. The number of hydrogen-bond acceptors (Lipinski definition) is 7. The molecule has 44 heavy (non-hydrogen) atoms. The number of thiazole rings is 1. The predicted octanol–water partition coefficient (Wildman–Crippen LogP) is 4.43. The van der Waals surface area contributed by atoms with Crippen LogP contribution >= 0.6 is 11.3 Å². The SMILES string of the molecule is Cc1csc([C@H]2C[C@H](F)CN2C(=O)c2cc(C(=O)N[C@@H](Cc3cc(F)cc(F)c3)[C@H](O)[C@@H]3CCCN3)cc3c2CCCO3)n1. The van der Waals surface area contributed by atoms with Crippen molar-refractivity contribution in [1.82, 2.24) is 20.5 Å². The molecule has 2 amide bonds. The Morgan fingerprint density at radius 2 is 2.00 bits per heavy atom. The molecule has 2 aromatic carbocycles. The van der Waals surface area contributed by atoms with E-state index in [-0.39, 0.29) is 42.1 Å². The lowest BCUT2D eigenvalue weighted by atomic mass is 9.93. The highest BCUT2D eigenvalue weighted by Crippen LogP contribution is 2.38. The first kappa shape index (κ1) is 30.5. The average molecular weight is 629 g/mol. The van der Waals surface area contributed by atoms with Crippen molar-refractivity contribution in [3.8, 4) is 5.75 Å². The van der Waals surface area contributed by atoms with E-state index in [1.54, 1.807) is 6.07 Å². The van der Waals surface area contributed by atoms with E-state index in [9.17, 15) is 27.9 Å².